The number of benzene rings is 1. The van der Waals surface area contributed by atoms with Crippen molar-refractivity contribution in [3.05, 3.63) is 80.6 Å². The number of dihydropyridines is 1. The first kappa shape index (κ1) is 22.0. The van der Waals surface area contributed by atoms with Crippen LogP contribution in [0.2, 0.25) is 0 Å². The summed E-state index contributed by atoms with van der Waals surface area (Å²) in [4.78, 5) is 40.2. The van der Waals surface area contributed by atoms with Crippen LogP contribution in [0.5, 0.6) is 0 Å². The molecule has 0 fully saturated rings. The molecule has 1 aliphatic heterocycles. The molecule has 0 spiro atoms. The molecule has 0 radical (unpaired) electrons. The van der Waals surface area contributed by atoms with Gasteiger partial charge in [-0.1, -0.05) is 18.2 Å². The van der Waals surface area contributed by atoms with Crippen LogP contribution in [0.4, 0.5) is 4.39 Å². The highest BCUT2D eigenvalue weighted by atomic mass is 32.1. The number of carbonyl (C=O) groups is 3. The molecule has 0 unspecified atom stereocenters. The number of methoxy groups -OCH3 is 2. The van der Waals surface area contributed by atoms with E-state index in [2.05, 4.69) is 5.32 Å². The molecule has 3 atom stereocenters. The standard InChI is InChI=1S/C24H22FNO5S/c1-12-18(23(28)30-2)19(13-6-8-14(25)9-7-13)21-16(26-12)11-15(17-5-4-10-32-17)20(22(21)27)24(29)31-3/h4-10,15,19-20,26H,11H2,1-3H3/t15-,19+,20+/m1/s1. The van der Waals surface area contributed by atoms with Gasteiger partial charge < -0.3 is 14.8 Å². The predicted molar refractivity (Wildman–Crippen MR) is 116 cm³/mol. The van der Waals surface area contributed by atoms with Gasteiger partial charge in [-0.3, -0.25) is 9.59 Å². The lowest BCUT2D eigenvalue weighted by atomic mass is 9.68. The van der Waals surface area contributed by atoms with Gasteiger partial charge >= 0.3 is 11.9 Å². The minimum absolute atomic E-state index is 0.254. The Morgan fingerprint density at radius 2 is 1.84 bits per heavy atom. The van der Waals surface area contributed by atoms with Gasteiger partial charge in [0.15, 0.2) is 5.78 Å². The Labute approximate surface area is 188 Å². The zero-order valence-electron chi connectivity index (χ0n) is 17.8. The van der Waals surface area contributed by atoms with E-state index in [1.54, 1.807) is 6.92 Å². The number of carbonyl (C=O) groups excluding carboxylic acids is 3. The van der Waals surface area contributed by atoms with E-state index < -0.39 is 35.4 Å². The monoisotopic (exact) mass is 455 g/mol. The third kappa shape index (κ3) is 3.64. The SMILES string of the molecule is COC(=O)C1=C(C)NC2=C(C(=O)[C@@H](C(=O)OC)[C@@H](c3cccs3)C2)[C@H]1c1ccc(F)cc1. The van der Waals surface area contributed by atoms with E-state index in [0.717, 1.165) is 4.88 Å². The Morgan fingerprint density at radius 1 is 1.12 bits per heavy atom. The Hall–Kier alpha value is -3.26. The van der Waals surface area contributed by atoms with E-state index in [4.69, 9.17) is 9.47 Å². The minimum Gasteiger partial charge on any atom is -0.468 e. The third-order valence-electron chi connectivity index (χ3n) is 5.99. The zero-order chi connectivity index (χ0) is 23.0. The summed E-state index contributed by atoms with van der Waals surface area (Å²) in [7, 11) is 2.52. The van der Waals surface area contributed by atoms with E-state index in [1.807, 2.05) is 17.5 Å². The molecule has 4 rings (SSSR count). The topological polar surface area (TPSA) is 81.7 Å². The fraction of sp³-hybridized carbons (Fsp3) is 0.292. The molecular weight excluding hydrogens is 433 g/mol. The predicted octanol–water partition coefficient (Wildman–Crippen LogP) is 3.82. The number of ketones is 1. The van der Waals surface area contributed by atoms with Crippen molar-refractivity contribution in [1.29, 1.82) is 0 Å². The molecule has 0 saturated heterocycles. The van der Waals surface area contributed by atoms with Crippen molar-refractivity contribution >= 4 is 29.1 Å². The van der Waals surface area contributed by atoms with E-state index in [1.165, 1.54) is 49.8 Å². The minimum atomic E-state index is -1.04. The highest BCUT2D eigenvalue weighted by molar-refractivity contribution is 7.10. The fourth-order valence-corrected chi connectivity index (χ4v) is 5.44. The summed E-state index contributed by atoms with van der Waals surface area (Å²) in [5.74, 6) is -4.28. The zero-order valence-corrected chi connectivity index (χ0v) is 18.6. The second-order valence-corrected chi connectivity index (χ2v) is 8.70. The van der Waals surface area contributed by atoms with Crippen LogP contribution in [-0.2, 0) is 23.9 Å². The van der Waals surface area contributed by atoms with Gasteiger partial charge in [-0.05, 0) is 42.5 Å². The Kier molecular flexibility index (Phi) is 5.97. The van der Waals surface area contributed by atoms with Crippen LogP contribution in [0.1, 0.15) is 35.6 Å². The summed E-state index contributed by atoms with van der Waals surface area (Å²) in [5, 5.41) is 5.11. The van der Waals surface area contributed by atoms with Crippen molar-refractivity contribution in [2.24, 2.45) is 5.92 Å². The molecule has 2 aromatic rings. The van der Waals surface area contributed by atoms with Crippen molar-refractivity contribution in [3.8, 4) is 0 Å². The molecule has 32 heavy (non-hydrogen) atoms. The maximum Gasteiger partial charge on any atom is 0.336 e. The largest absolute Gasteiger partial charge is 0.468 e. The lowest BCUT2D eigenvalue weighted by Gasteiger charge is -2.39. The van der Waals surface area contributed by atoms with Crippen molar-refractivity contribution in [1.82, 2.24) is 5.32 Å². The van der Waals surface area contributed by atoms with Crippen LogP contribution >= 0.6 is 11.3 Å². The maximum absolute atomic E-state index is 13.8. The molecule has 1 aromatic heterocycles. The average Bonchev–Trinajstić information content (AvgIpc) is 3.32. The first-order valence-corrected chi connectivity index (χ1v) is 10.9. The van der Waals surface area contributed by atoms with Gasteiger partial charge in [0.1, 0.15) is 11.7 Å². The number of nitrogens with one attached hydrogen (secondary N) is 1. The van der Waals surface area contributed by atoms with Crippen LogP contribution in [0, 0.1) is 11.7 Å². The number of esters is 2. The van der Waals surface area contributed by atoms with Crippen molar-refractivity contribution in [2.75, 3.05) is 14.2 Å². The molecule has 1 N–H and O–H groups in total. The van der Waals surface area contributed by atoms with Crippen LogP contribution in [0.15, 0.2) is 64.3 Å². The fourth-order valence-electron chi connectivity index (χ4n) is 4.57. The smallest absolute Gasteiger partial charge is 0.336 e. The number of rotatable bonds is 4. The number of hydrogen-bond donors (Lipinski definition) is 1. The highest BCUT2D eigenvalue weighted by Gasteiger charge is 2.49. The molecule has 0 amide bonds. The van der Waals surface area contributed by atoms with E-state index in [-0.39, 0.29) is 11.5 Å². The Balaban J connectivity index is 1.90. The number of thiophene rings is 1. The van der Waals surface area contributed by atoms with Gasteiger partial charge in [-0.2, -0.15) is 0 Å². The van der Waals surface area contributed by atoms with Gasteiger partial charge in [-0.25, -0.2) is 9.18 Å². The van der Waals surface area contributed by atoms with Gasteiger partial charge in [0, 0.05) is 33.7 Å². The first-order chi connectivity index (χ1) is 15.4. The molecular formula is C24H22FNO5S. The van der Waals surface area contributed by atoms with Crippen LogP contribution < -0.4 is 5.32 Å². The third-order valence-corrected chi connectivity index (χ3v) is 7.00. The van der Waals surface area contributed by atoms with E-state index in [9.17, 15) is 18.8 Å². The molecule has 6 nitrogen and oxygen atoms in total. The lowest BCUT2D eigenvalue weighted by molar-refractivity contribution is -0.149. The quantitative estimate of drug-likeness (QED) is 0.558. The molecule has 2 aliphatic rings. The van der Waals surface area contributed by atoms with Crippen LogP contribution in [0.25, 0.3) is 0 Å². The number of hydrogen-bond acceptors (Lipinski definition) is 7. The summed E-state index contributed by atoms with van der Waals surface area (Å²) in [6.07, 6.45) is 0.394. The lowest BCUT2D eigenvalue weighted by Crippen LogP contribution is -2.43. The molecule has 2 heterocycles. The molecule has 1 aromatic carbocycles. The average molecular weight is 456 g/mol. The second-order valence-electron chi connectivity index (χ2n) is 7.72. The van der Waals surface area contributed by atoms with Crippen LogP contribution in [0.3, 0.4) is 0 Å². The number of Topliss-reactive ketones (excluding diaryl/α,β-unsaturated/α-hetero) is 1. The van der Waals surface area contributed by atoms with Gasteiger partial charge in [0.2, 0.25) is 0 Å². The molecule has 0 saturated carbocycles. The van der Waals surface area contributed by atoms with Gasteiger partial charge in [0.25, 0.3) is 0 Å². The second kappa shape index (κ2) is 8.70. The number of allylic oxidation sites excluding steroid dienone is 3. The van der Waals surface area contributed by atoms with Gasteiger partial charge in [0.05, 0.1) is 19.8 Å². The summed E-state index contributed by atoms with van der Waals surface area (Å²) in [6.45, 7) is 1.74. The van der Waals surface area contributed by atoms with Crippen LogP contribution in [-0.4, -0.2) is 31.9 Å². The number of ether oxygens (including phenoxy) is 2. The normalized spacial score (nSPS) is 22.9. The van der Waals surface area contributed by atoms with Gasteiger partial charge in [-0.15, -0.1) is 11.3 Å². The summed E-state index contributed by atoms with van der Waals surface area (Å²) < 4.78 is 23.6. The summed E-state index contributed by atoms with van der Waals surface area (Å²) in [5.41, 5.74) is 2.33. The Morgan fingerprint density at radius 3 is 2.44 bits per heavy atom. The van der Waals surface area contributed by atoms with Crippen molar-refractivity contribution < 1.29 is 28.2 Å². The summed E-state index contributed by atoms with van der Waals surface area (Å²) >= 11 is 1.47. The first-order valence-electron chi connectivity index (χ1n) is 10.1. The van der Waals surface area contributed by atoms with Crippen molar-refractivity contribution in [3.63, 3.8) is 0 Å². The highest BCUT2D eigenvalue weighted by Crippen LogP contribution is 2.48. The summed E-state index contributed by atoms with van der Waals surface area (Å²) in [6, 6.07) is 9.41. The molecule has 8 heteroatoms. The van der Waals surface area contributed by atoms with Crippen molar-refractivity contribution in [2.45, 2.75) is 25.2 Å². The Bertz CT molecular complexity index is 1130. The molecule has 166 valence electrons. The number of halogens is 1. The molecule has 0 bridgehead atoms. The maximum atomic E-state index is 13.8. The van der Waals surface area contributed by atoms with E-state index in [0.29, 0.717) is 29.0 Å². The molecule has 1 aliphatic carbocycles. The van der Waals surface area contributed by atoms with E-state index >= 15 is 0 Å².